The highest BCUT2D eigenvalue weighted by atomic mass is 16.5. The molecule has 1 unspecified atom stereocenters. The average molecular weight is 359 g/mol. The van der Waals surface area contributed by atoms with Gasteiger partial charge in [-0.3, -0.25) is 4.57 Å². The predicted octanol–water partition coefficient (Wildman–Crippen LogP) is 3.54. The number of rotatable bonds is 9. The fourth-order valence-electron chi connectivity index (χ4n) is 2.61. The van der Waals surface area contributed by atoms with E-state index >= 15 is 0 Å². The van der Waals surface area contributed by atoms with Crippen LogP contribution in [0.5, 0.6) is 0 Å². The molecule has 2 heterocycles. The second kappa shape index (κ2) is 9.60. The monoisotopic (exact) mass is 359 g/mol. The van der Waals surface area contributed by atoms with Crippen LogP contribution < -0.4 is 0 Å². The highest BCUT2D eigenvalue weighted by Crippen LogP contribution is 2.16. The third-order valence-electron chi connectivity index (χ3n) is 4.02. The van der Waals surface area contributed by atoms with Gasteiger partial charge in [-0.25, -0.2) is 14.6 Å². The summed E-state index contributed by atoms with van der Waals surface area (Å²) in [5.41, 5.74) is 0. The summed E-state index contributed by atoms with van der Waals surface area (Å²) >= 11 is 0. The number of ether oxygens (including phenoxy) is 1. The summed E-state index contributed by atoms with van der Waals surface area (Å²) in [5.74, 6) is 0.719. The van der Waals surface area contributed by atoms with Crippen molar-refractivity contribution in [2.45, 2.75) is 45.7 Å². The van der Waals surface area contributed by atoms with Gasteiger partial charge in [0.1, 0.15) is 17.6 Å². The number of esters is 1. The van der Waals surface area contributed by atoms with Crippen molar-refractivity contribution in [2.24, 2.45) is 0 Å². The summed E-state index contributed by atoms with van der Waals surface area (Å²) in [6.07, 6.45) is 8.35. The molecular formula is C19H25N3O4. The molecule has 7 nitrogen and oxygen atoms in total. The quantitative estimate of drug-likeness (QED) is 0.389. The van der Waals surface area contributed by atoms with Gasteiger partial charge in [0.2, 0.25) is 0 Å². The number of aromatic nitrogens is 2. The van der Waals surface area contributed by atoms with Crippen molar-refractivity contribution in [3.63, 3.8) is 0 Å². The summed E-state index contributed by atoms with van der Waals surface area (Å²) in [6.45, 7) is 7.70. The highest BCUT2D eigenvalue weighted by molar-refractivity contribution is 5.85. The normalized spacial score (nSPS) is 11.8. The molecule has 2 rings (SSSR count). The molecule has 2 aromatic heterocycles. The molecule has 0 aromatic carbocycles. The molecule has 0 spiro atoms. The lowest BCUT2D eigenvalue weighted by Gasteiger charge is -2.29. The third kappa shape index (κ3) is 4.84. The topological polar surface area (TPSA) is 77.6 Å². The zero-order valence-corrected chi connectivity index (χ0v) is 15.3. The van der Waals surface area contributed by atoms with Crippen LogP contribution in [-0.2, 0) is 16.1 Å². The van der Waals surface area contributed by atoms with Crippen LogP contribution in [0.4, 0.5) is 4.79 Å². The summed E-state index contributed by atoms with van der Waals surface area (Å²) < 4.78 is 12.1. The molecule has 0 fully saturated rings. The fraction of sp³-hybridized carbons (Fsp3) is 0.421. The van der Waals surface area contributed by atoms with Crippen molar-refractivity contribution in [1.29, 1.82) is 0 Å². The molecular weight excluding hydrogens is 334 g/mol. The zero-order chi connectivity index (χ0) is 18.9. The Morgan fingerprint density at radius 2 is 2.31 bits per heavy atom. The van der Waals surface area contributed by atoms with E-state index in [1.54, 1.807) is 37.5 Å². The molecule has 1 amide bonds. The maximum atomic E-state index is 13.0. The van der Waals surface area contributed by atoms with Crippen LogP contribution >= 0.6 is 0 Å². The molecule has 0 saturated heterocycles. The molecule has 0 aliphatic heterocycles. The van der Waals surface area contributed by atoms with Crippen LogP contribution in [0.3, 0.4) is 0 Å². The van der Waals surface area contributed by atoms with Crippen LogP contribution in [-0.4, -0.2) is 39.1 Å². The first kappa shape index (κ1) is 19.5. The first-order valence-corrected chi connectivity index (χ1v) is 8.69. The van der Waals surface area contributed by atoms with Crippen LogP contribution in [0, 0.1) is 6.92 Å². The minimum absolute atomic E-state index is 0.170. The summed E-state index contributed by atoms with van der Waals surface area (Å²) in [6, 6.07) is 2.46. The van der Waals surface area contributed by atoms with E-state index in [-0.39, 0.29) is 12.6 Å². The Morgan fingerprint density at radius 3 is 2.88 bits per heavy atom. The number of imidazole rings is 1. The number of amides is 1. The maximum Gasteiger partial charge on any atom is 0.330 e. The predicted molar refractivity (Wildman–Crippen MR) is 96.5 cm³/mol. The van der Waals surface area contributed by atoms with Crippen LogP contribution in [0.15, 0.2) is 47.9 Å². The van der Waals surface area contributed by atoms with Gasteiger partial charge >= 0.3 is 12.0 Å². The van der Waals surface area contributed by atoms with Crippen molar-refractivity contribution < 1.29 is 18.7 Å². The average Bonchev–Trinajstić information content (AvgIpc) is 3.29. The summed E-state index contributed by atoms with van der Waals surface area (Å²) in [7, 11) is 0. The summed E-state index contributed by atoms with van der Waals surface area (Å²) in [4.78, 5) is 31.1. The molecule has 0 radical (unpaired) electrons. The van der Waals surface area contributed by atoms with E-state index in [2.05, 4.69) is 11.6 Å². The van der Waals surface area contributed by atoms with E-state index < -0.39 is 12.0 Å². The molecule has 2 aromatic rings. The fourth-order valence-corrected chi connectivity index (χ4v) is 2.61. The van der Waals surface area contributed by atoms with Gasteiger partial charge in [0.25, 0.3) is 0 Å². The second-order valence-electron chi connectivity index (χ2n) is 5.86. The number of hydrogen-bond acceptors (Lipinski definition) is 5. The number of carbonyl (C=O) groups is 2. The molecule has 0 N–H and O–H groups in total. The van der Waals surface area contributed by atoms with Gasteiger partial charge in [-0.1, -0.05) is 13.0 Å². The minimum atomic E-state index is -0.710. The Hall–Kier alpha value is -2.83. The first-order chi connectivity index (χ1) is 12.6. The van der Waals surface area contributed by atoms with Gasteiger partial charge in [0.05, 0.1) is 19.4 Å². The van der Waals surface area contributed by atoms with Gasteiger partial charge in [-0.2, -0.15) is 0 Å². The van der Waals surface area contributed by atoms with Gasteiger partial charge in [0, 0.05) is 12.4 Å². The van der Waals surface area contributed by atoms with Gasteiger partial charge in [0.15, 0.2) is 0 Å². The van der Waals surface area contributed by atoms with Crippen molar-refractivity contribution in [1.82, 2.24) is 14.5 Å². The Balaban J connectivity index is 2.19. The Bertz CT molecular complexity index is 721. The minimum Gasteiger partial charge on any atom is -0.467 e. The first-order valence-electron chi connectivity index (χ1n) is 8.69. The maximum absolute atomic E-state index is 13.0. The van der Waals surface area contributed by atoms with Crippen molar-refractivity contribution in [3.8, 4) is 0 Å². The molecule has 0 aliphatic rings. The molecule has 0 saturated carbocycles. The van der Waals surface area contributed by atoms with E-state index in [1.165, 1.54) is 15.7 Å². The van der Waals surface area contributed by atoms with Gasteiger partial charge < -0.3 is 14.1 Å². The van der Waals surface area contributed by atoms with E-state index in [0.29, 0.717) is 31.0 Å². The number of carbonyl (C=O) groups excluding carboxylic acids is 2. The van der Waals surface area contributed by atoms with Gasteiger partial charge in [-0.15, -0.1) is 6.58 Å². The van der Waals surface area contributed by atoms with Crippen LogP contribution in [0.2, 0.25) is 0 Å². The number of nitrogens with zero attached hydrogens (tertiary/aromatic N) is 3. The SMILES string of the molecule is C=CCCCOC(=O)C(CC)N(Cc1ccco1)C(=O)n1ccnc1C. The molecule has 140 valence electrons. The van der Waals surface area contributed by atoms with Crippen LogP contribution in [0.1, 0.15) is 37.8 Å². The van der Waals surface area contributed by atoms with Crippen molar-refractivity contribution >= 4 is 12.0 Å². The van der Waals surface area contributed by atoms with Gasteiger partial charge in [-0.05, 0) is 38.3 Å². The lowest BCUT2D eigenvalue weighted by molar-refractivity contribution is -0.149. The largest absolute Gasteiger partial charge is 0.467 e. The molecule has 7 heteroatoms. The number of unbranched alkanes of at least 4 members (excludes halogenated alkanes) is 1. The Morgan fingerprint density at radius 1 is 1.50 bits per heavy atom. The Labute approximate surface area is 153 Å². The lowest BCUT2D eigenvalue weighted by Crippen LogP contribution is -2.47. The van der Waals surface area contributed by atoms with E-state index in [4.69, 9.17) is 9.15 Å². The standard InChI is InChI=1S/C19H25N3O4/c1-4-6-7-12-26-18(23)17(5-2)22(14-16-9-8-13-25-16)19(24)21-11-10-20-15(21)3/h4,8-11,13,17H,1,5-7,12,14H2,2-3H3. The Kier molecular flexibility index (Phi) is 7.20. The lowest BCUT2D eigenvalue weighted by atomic mass is 10.2. The van der Waals surface area contributed by atoms with E-state index in [9.17, 15) is 9.59 Å². The highest BCUT2D eigenvalue weighted by Gasteiger charge is 2.31. The second-order valence-corrected chi connectivity index (χ2v) is 5.86. The molecule has 0 bridgehead atoms. The third-order valence-corrected chi connectivity index (χ3v) is 4.02. The molecule has 0 aliphatic carbocycles. The zero-order valence-electron chi connectivity index (χ0n) is 15.3. The number of aryl methyl sites for hydroxylation is 1. The van der Waals surface area contributed by atoms with Crippen molar-refractivity contribution in [2.75, 3.05) is 6.61 Å². The van der Waals surface area contributed by atoms with Crippen LogP contribution in [0.25, 0.3) is 0 Å². The molecule has 1 atom stereocenters. The summed E-state index contributed by atoms with van der Waals surface area (Å²) in [5, 5.41) is 0. The number of allylic oxidation sites excluding steroid dienone is 1. The van der Waals surface area contributed by atoms with Crippen molar-refractivity contribution in [3.05, 3.63) is 55.0 Å². The molecule has 26 heavy (non-hydrogen) atoms. The smallest absolute Gasteiger partial charge is 0.330 e. The van der Waals surface area contributed by atoms with E-state index in [1.807, 2.05) is 6.92 Å². The number of furan rings is 1. The van der Waals surface area contributed by atoms with E-state index in [0.717, 1.165) is 6.42 Å². The number of hydrogen-bond donors (Lipinski definition) is 0.